The summed E-state index contributed by atoms with van der Waals surface area (Å²) in [4.78, 5) is 41.1. The Bertz CT molecular complexity index is 987. The molecule has 1 heterocycles. The minimum atomic E-state index is -0.708. The van der Waals surface area contributed by atoms with E-state index in [0.29, 0.717) is 44.8 Å². The van der Waals surface area contributed by atoms with E-state index >= 15 is 0 Å². The zero-order valence-corrected chi connectivity index (χ0v) is 22.9. The van der Waals surface area contributed by atoms with Crippen molar-refractivity contribution in [3.05, 3.63) is 58.3 Å². The van der Waals surface area contributed by atoms with Gasteiger partial charge in [0.25, 0.3) is 0 Å². The molecule has 0 saturated heterocycles. The molecule has 0 bridgehead atoms. The third-order valence-corrected chi connectivity index (χ3v) is 6.66. The smallest absolute Gasteiger partial charge is 0.408 e. The molecule has 1 fully saturated rings. The first-order chi connectivity index (χ1) is 17.7. The molecule has 1 atom stereocenters. The Morgan fingerprint density at radius 1 is 1.05 bits per heavy atom. The largest absolute Gasteiger partial charge is 0.450 e. The maximum Gasteiger partial charge on any atom is 0.408 e. The molecule has 202 valence electrons. The SMILES string of the molecule is CC(C)(C)OC(=O)N[C@@H](CCCCOC(=O)NCc1ccccc1)C(=O)N(Cc1cccs1)CC1CC1. The molecule has 1 aromatic heterocycles. The molecule has 1 saturated carbocycles. The van der Waals surface area contributed by atoms with Crippen molar-refractivity contribution in [3.8, 4) is 0 Å². The number of hydrogen-bond donors (Lipinski definition) is 2. The number of benzene rings is 1. The summed E-state index contributed by atoms with van der Waals surface area (Å²) < 4.78 is 10.7. The Hall–Kier alpha value is -3.07. The van der Waals surface area contributed by atoms with Crippen LogP contribution in [0.2, 0.25) is 0 Å². The first kappa shape index (κ1) is 28.5. The lowest BCUT2D eigenvalue weighted by Crippen LogP contribution is -2.50. The minimum absolute atomic E-state index is 0.104. The van der Waals surface area contributed by atoms with Crippen LogP contribution in [-0.4, -0.2) is 47.8 Å². The van der Waals surface area contributed by atoms with E-state index in [1.165, 1.54) is 0 Å². The van der Waals surface area contributed by atoms with Gasteiger partial charge in [-0.15, -0.1) is 11.3 Å². The molecule has 0 unspecified atom stereocenters. The van der Waals surface area contributed by atoms with Gasteiger partial charge in [-0.1, -0.05) is 36.4 Å². The van der Waals surface area contributed by atoms with Crippen LogP contribution in [0.5, 0.6) is 0 Å². The molecule has 0 radical (unpaired) electrons. The van der Waals surface area contributed by atoms with Crippen molar-refractivity contribution < 1.29 is 23.9 Å². The summed E-state index contributed by atoms with van der Waals surface area (Å²) in [6.07, 6.45) is 2.78. The maximum atomic E-state index is 13.6. The number of nitrogens with one attached hydrogen (secondary N) is 2. The molecule has 2 aromatic rings. The van der Waals surface area contributed by atoms with Gasteiger partial charge in [0.2, 0.25) is 5.91 Å². The first-order valence-electron chi connectivity index (χ1n) is 12.9. The van der Waals surface area contributed by atoms with Crippen molar-refractivity contribution in [1.82, 2.24) is 15.5 Å². The minimum Gasteiger partial charge on any atom is -0.450 e. The van der Waals surface area contributed by atoms with Crippen LogP contribution in [0.25, 0.3) is 0 Å². The van der Waals surface area contributed by atoms with Crippen molar-refractivity contribution >= 4 is 29.4 Å². The summed E-state index contributed by atoms with van der Waals surface area (Å²) in [5.74, 6) is 0.418. The van der Waals surface area contributed by atoms with Crippen LogP contribution in [0, 0.1) is 5.92 Å². The van der Waals surface area contributed by atoms with E-state index in [1.54, 1.807) is 32.1 Å². The summed E-state index contributed by atoms with van der Waals surface area (Å²) >= 11 is 1.62. The lowest BCUT2D eigenvalue weighted by molar-refractivity contribution is -0.134. The Balaban J connectivity index is 1.51. The molecule has 1 aromatic carbocycles. The van der Waals surface area contributed by atoms with Gasteiger partial charge in [-0.3, -0.25) is 4.79 Å². The number of carbonyl (C=O) groups excluding carboxylic acids is 3. The number of rotatable bonds is 13. The highest BCUT2D eigenvalue weighted by Gasteiger charge is 2.32. The second kappa shape index (κ2) is 14.0. The van der Waals surface area contributed by atoms with Gasteiger partial charge < -0.3 is 25.0 Å². The Morgan fingerprint density at radius 2 is 1.81 bits per heavy atom. The van der Waals surface area contributed by atoms with E-state index in [-0.39, 0.29) is 12.5 Å². The average Bonchev–Trinajstić information content (AvgIpc) is 3.52. The van der Waals surface area contributed by atoms with E-state index in [0.717, 1.165) is 23.3 Å². The topological polar surface area (TPSA) is 97.0 Å². The zero-order chi connectivity index (χ0) is 26.7. The summed E-state index contributed by atoms with van der Waals surface area (Å²) in [5.41, 5.74) is 0.329. The number of thiophene rings is 1. The molecule has 8 nitrogen and oxygen atoms in total. The fourth-order valence-electron chi connectivity index (χ4n) is 3.80. The molecule has 3 amide bonds. The summed E-state index contributed by atoms with van der Waals surface area (Å²) in [5, 5.41) is 7.53. The second-order valence-corrected chi connectivity index (χ2v) is 11.4. The van der Waals surface area contributed by atoms with Crippen LogP contribution in [-0.2, 0) is 27.4 Å². The van der Waals surface area contributed by atoms with Crippen molar-refractivity contribution in [2.24, 2.45) is 5.92 Å². The lowest BCUT2D eigenvalue weighted by atomic mass is 10.1. The summed E-state index contributed by atoms with van der Waals surface area (Å²) in [6, 6.07) is 12.9. The van der Waals surface area contributed by atoms with Gasteiger partial charge in [-0.25, -0.2) is 9.59 Å². The van der Waals surface area contributed by atoms with Gasteiger partial charge in [-0.05, 0) is 75.8 Å². The van der Waals surface area contributed by atoms with Gasteiger partial charge >= 0.3 is 12.2 Å². The Morgan fingerprint density at radius 3 is 2.46 bits per heavy atom. The molecular formula is C28H39N3O5S. The normalized spacial score (nSPS) is 13.9. The van der Waals surface area contributed by atoms with Crippen molar-refractivity contribution in [2.45, 2.75) is 77.6 Å². The molecule has 9 heteroatoms. The first-order valence-corrected chi connectivity index (χ1v) is 13.8. The predicted octanol–water partition coefficient (Wildman–Crippen LogP) is 5.48. The average molecular weight is 530 g/mol. The van der Waals surface area contributed by atoms with E-state index in [1.807, 2.05) is 52.7 Å². The molecule has 0 aliphatic heterocycles. The molecule has 0 spiro atoms. The molecule has 3 rings (SSSR count). The highest BCUT2D eigenvalue weighted by atomic mass is 32.1. The van der Waals surface area contributed by atoms with Crippen LogP contribution < -0.4 is 10.6 Å². The number of alkyl carbamates (subject to hydrolysis) is 2. The highest BCUT2D eigenvalue weighted by molar-refractivity contribution is 7.09. The lowest BCUT2D eigenvalue weighted by Gasteiger charge is -2.29. The zero-order valence-electron chi connectivity index (χ0n) is 22.0. The third-order valence-electron chi connectivity index (χ3n) is 5.80. The third kappa shape index (κ3) is 11.2. The van der Waals surface area contributed by atoms with Gasteiger partial charge in [0.1, 0.15) is 11.6 Å². The number of hydrogen-bond acceptors (Lipinski definition) is 6. The number of ether oxygens (including phenoxy) is 2. The van der Waals surface area contributed by atoms with Gasteiger partial charge in [0.15, 0.2) is 0 Å². The molecule has 37 heavy (non-hydrogen) atoms. The molecule has 1 aliphatic carbocycles. The maximum absolute atomic E-state index is 13.6. The number of unbranched alkanes of at least 4 members (excludes halogenated alkanes) is 1. The standard InChI is InChI=1S/C28H39N3O5S/c1-28(2,3)36-27(34)30-24(25(32)31(19-22-14-15-22)20-23-12-9-17-37-23)13-7-8-16-35-26(33)29-18-21-10-5-4-6-11-21/h4-6,9-12,17,22,24H,7-8,13-16,18-20H2,1-3H3,(H,29,33)(H,30,34)/t24-/m0/s1. The van der Waals surface area contributed by atoms with Crippen molar-refractivity contribution in [2.75, 3.05) is 13.2 Å². The number of carbonyl (C=O) groups is 3. The second-order valence-electron chi connectivity index (χ2n) is 10.4. The fraction of sp³-hybridized carbons (Fsp3) is 0.536. The Labute approximate surface area is 223 Å². The quantitative estimate of drug-likeness (QED) is 0.335. The van der Waals surface area contributed by atoms with E-state index in [2.05, 4.69) is 10.6 Å². The van der Waals surface area contributed by atoms with Crippen LogP contribution in [0.4, 0.5) is 9.59 Å². The monoisotopic (exact) mass is 529 g/mol. The van der Waals surface area contributed by atoms with Crippen LogP contribution >= 0.6 is 11.3 Å². The van der Waals surface area contributed by atoms with Crippen molar-refractivity contribution in [1.29, 1.82) is 0 Å². The predicted molar refractivity (Wildman–Crippen MR) is 144 cm³/mol. The fourth-order valence-corrected chi connectivity index (χ4v) is 4.52. The van der Waals surface area contributed by atoms with E-state index in [9.17, 15) is 14.4 Å². The Kier molecular flexibility index (Phi) is 10.8. The van der Waals surface area contributed by atoms with Crippen molar-refractivity contribution in [3.63, 3.8) is 0 Å². The van der Waals surface area contributed by atoms with Crippen LogP contribution in [0.1, 0.15) is 63.3 Å². The highest BCUT2D eigenvalue weighted by Crippen LogP contribution is 2.31. The van der Waals surface area contributed by atoms with Gasteiger partial charge in [0, 0.05) is 18.0 Å². The van der Waals surface area contributed by atoms with Crippen LogP contribution in [0.3, 0.4) is 0 Å². The van der Waals surface area contributed by atoms with Gasteiger partial charge in [0.05, 0.1) is 13.2 Å². The van der Waals surface area contributed by atoms with E-state index < -0.39 is 23.8 Å². The van der Waals surface area contributed by atoms with Gasteiger partial charge in [-0.2, -0.15) is 0 Å². The molecular weight excluding hydrogens is 490 g/mol. The molecule has 1 aliphatic rings. The number of nitrogens with zero attached hydrogens (tertiary/aromatic N) is 1. The summed E-state index contributed by atoms with van der Waals surface area (Å²) in [7, 11) is 0. The summed E-state index contributed by atoms with van der Waals surface area (Å²) in [6.45, 7) is 7.23. The van der Waals surface area contributed by atoms with E-state index in [4.69, 9.17) is 9.47 Å². The number of amides is 3. The van der Waals surface area contributed by atoms with Crippen LogP contribution in [0.15, 0.2) is 47.8 Å². The molecule has 2 N–H and O–H groups in total.